The third-order valence-corrected chi connectivity index (χ3v) is 4.74. The number of likely N-dealkylation sites (tertiary alicyclic amines) is 1. The molecule has 0 saturated carbocycles. The molecule has 1 aliphatic heterocycles. The number of anilines is 1. The Bertz CT molecular complexity index is 860. The van der Waals surface area contributed by atoms with Crippen LogP contribution in [0.5, 0.6) is 0 Å². The average molecular weight is 509 g/mol. The molecule has 1 aromatic heterocycles. The Balaban J connectivity index is 0.00000300. The van der Waals surface area contributed by atoms with Crippen LogP contribution in [-0.2, 0) is 6.42 Å². The maximum Gasteiger partial charge on any atom is 0.194 e. The number of hydrogen-bond acceptors (Lipinski definition) is 5. The Hall–Kier alpha value is -2.32. The number of aliphatic hydroxyl groups excluding tert-OH is 1. The van der Waals surface area contributed by atoms with Crippen molar-refractivity contribution in [1.82, 2.24) is 20.0 Å². The topological polar surface area (TPSA) is 115 Å². The lowest BCUT2D eigenvalue weighted by atomic mass is 10.1. The molecule has 4 N–H and O–H groups in total. The molecule has 2 aromatic rings. The fraction of sp³-hybridized carbons (Fsp3) is 0.450. The lowest BCUT2D eigenvalue weighted by molar-refractivity contribution is 0.188. The zero-order chi connectivity index (χ0) is 19.9. The molecule has 8 nitrogen and oxygen atoms in total. The highest BCUT2D eigenvalue weighted by molar-refractivity contribution is 14.0. The summed E-state index contributed by atoms with van der Waals surface area (Å²) in [7, 11) is 0. The van der Waals surface area contributed by atoms with Crippen LogP contribution in [0.4, 0.5) is 5.82 Å². The van der Waals surface area contributed by atoms with Gasteiger partial charge in [-0.3, -0.25) is 4.99 Å². The van der Waals surface area contributed by atoms with Gasteiger partial charge in [-0.25, -0.2) is 4.68 Å². The third-order valence-electron chi connectivity index (χ3n) is 4.74. The van der Waals surface area contributed by atoms with E-state index in [9.17, 15) is 10.4 Å². The summed E-state index contributed by atoms with van der Waals surface area (Å²) >= 11 is 0. The molecule has 0 unspecified atom stereocenters. The van der Waals surface area contributed by atoms with Gasteiger partial charge in [-0.1, -0.05) is 18.2 Å². The van der Waals surface area contributed by atoms with Gasteiger partial charge in [0.05, 0.1) is 17.5 Å². The lowest BCUT2D eigenvalue weighted by Gasteiger charge is -2.20. The Morgan fingerprint density at radius 3 is 2.79 bits per heavy atom. The predicted octanol–water partition coefficient (Wildman–Crippen LogP) is 1.91. The quantitative estimate of drug-likeness (QED) is 0.237. The standard InChI is InChI=1S/C20H27N7O.HI/c1-2-23-20(26-12-10-16(28)14-26)24-11-6-9-18-17(13-21)19(22)27(25-18)15-7-4-3-5-8-15;/h3-5,7-8,16,28H,2,6,9-12,14,22H2,1H3,(H,23,24);1H/t16-;/m1./s1. The van der Waals surface area contributed by atoms with Gasteiger partial charge < -0.3 is 21.1 Å². The summed E-state index contributed by atoms with van der Waals surface area (Å²) in [6, 6.07) is 11.7. The molecule has 1 atom stereocenters. The summed E-state index contributed by atoms with van der Waals surface area (Å²) < 4.78 is 1.62. The number of β-amino-alcohol motifs (C(OH)–C–C–N with tert-alkyl or cyclic N) is 1. The van der Waals surface area contributed by atoms with Crippen LogP contribution in [0.3, 0.4) is 0 Å². The number of aromatic nitrogens is 2. The molecule has 156 valence electrons. The van der Waals surface area contributed by atoms with Crippen molar-refractivity contribution in [3.8, 4) is 11.8 Å². The molecule has 1 aromatic carbocycles. The van der Waals surface area contributed by atoms with Gasteiger partial charge in [0.25, 0.3) is 0 Å². The van der Waals surface area contributed by atoms with Gasteiger partial charge in [-0.15, -0.1) is 24.0 Å². The molecule has 9 heteroatoms. The van der Waals surface area contributed by atoms with E-state index in [4.69, 9.17) is 5.73 Å². The van der Waals surface area contributed by atoms with Crippen LogP contribution < -0.4 is 11.1 Å². The van der Waals surface area contributed by atoms with Crippen LogP contribution in [0.1, 0.15) is 31.0 Å². The number of nitrogens with zero attached hydrogens (tertiary/aromatic N) is 5. The number of nitrogens with two attached hydrogens (primary N) is 1. The second-order valence-electron chi connectivity index (χ2n) is 6.79. The van der Waals surface area contributed by atoms with Crippen LogP contribution in [0.15, 0.2) is 35.3 Å². The van der Waals surface area contributed by atoms with Crippen molar-refractivity contribution >= 4 is 35.8 Å². The third kappa shape index (κ3) is 5.61. The van der Waals surface area contributed by atoms with E-state index in [1.54, 1.807) is 4.68 Å². The van der Waals surface area contributed by atoms with E-state index in [-0.39, 0.29) is 30.1 Å². The zero-order valence-electron chi connectivity index (χ0n) is 16.6. The molecule has 1 aliphatic rings. The van der Waals surface area contributed by atoms with Gasteiger partial charge in [-0.2, -0.15) is 10.4 Å². The Labute approximate surface area is 188 Å². The molecular formula is C20H28IN7O. The Morgan fingerprint density at radius 1 is 1.41 bits per heavy atom. The fourth-order valence-electron chi connectivity index (χ4n) is 3.33. The number of hydrogen-bond donors (Lipinski definition) is 3. The molecule has 0 bridgehead atoms. The highest BCUT2D eigenvalue weighted by Crippen LogP contribution is 2.21. The minimum absolute atomic E-state index is 0. The molecule has 3 rings (SSSR count). The van der Waals surface area contributed by atoms with Crippen LogP contribution in [0.2, 0.25) is 0 Å². The summed E-state index contributed by atoms with van der Waals surface area (Å²) in [6.45, 7) is 4.84. The monoisotopic (exact) mass is 509 g/mol. The number of rotatable bonds is 6. The van der Waals surface area contributed by atoms with E-state index in [0.29, 0.717) is 36.6 Å². The van der Waals surface area contributed by atoms with Gasteiger partial charge in [0.15, 0.2) is 5.96 Å². The molecule has 0 spiro atoms. The van der Waals surface area contributed by atoms with Crippen molar-refractivity contribution in [3.05, 3.63) is 41.6 Å². The number of nitrogen functional groups attached to an aromatic ring is 1. The van der Waals surface area contributed by atoms with Gasteiger partial charge in [-0.05, 0) is 38.3 Å². The summed E-state index contributed by atoms with van der Waals surface area (Å²) in [5.74, 6) is 1.19. The normalized spacial score (nSPS) is 16.4. The highest BCUT2D eigenvalue weighted by Gasteiger charge is 2.22. The second-order valence-corrected chi connectivity index (χ2v) is 6.79. The van der Waals surface area contributed by atoms with Gasteiger partial charge >= 0.3 is 0 Å². The van der Waals surface area contributed by atoms with E-state index in [0.717, 1.165) is 37.6 Å². The van der Waals surface area contributed by atoms with Crippen LogP contribution in [0, 0.1) is 11.3 Å². The van der Waals surface area contributed by atoms with Crippen molar-refractivity contribution in [1.29, 1.82) is 5.26 Å². The van der Waals surface area contributed by atoms with E-state index >= 15 is 0 Å². The summed E-state index contributed by atoms with van der Waals surface area (Å²) in [6.07, 6.45) is 1.86. The van der Waals surface area contributed by atoms with Crippen molar-refractivity contribution in [3.63, 3.8) is 0 Å². The molecule has 0 amide bonds. The lowest BCUT2D eigenvalue weighted by Crippen LogP contribution is -2.40. The number of nitrogens with one attached hydrogen (secondary N) is 1. The number of aryl methyl sites for hydroxylation is 1. The SMILES string of the molecule is CCNC(=NCCCc1nn(-c2ccccc2)c(N)c1C#N)N1CC[C@@H](O)C1.I. The van der Waals surface area contributed by atoms with Crippen LogP contribution >= 0.6 is 24.0 Å². The first kappa shape index (κ1) is 23.0. The van der Waals surface area contributed by atoms with Crippen molar-refractivity contribution in [2.75, 3.05) is 31.9 Å². The molecule has 0 aliphatic carbocycles. The summed E-state index contributed by atoms with van der Waals surface area (Å²) in [4.78, 5) is 6.74. The average Bonchev–Trinajstić information content (AvgIpc) is 3.28. The van der Waals surface area contributed by atoms with Crippen molar-refractivity contribution < 1.29 is 5.11 Å². The van der Waals surface area contributed by atoms with Gasteiger partial charge in [0, 0.05) is 26.2 Å². The predicted molar refractivity (Wildman–Crippen MR) is 125 cm³/mol. The van der Waals surface area contributed by atoms with Crippen molar-refractivity contribution in [2.45, 2.75) is 32.3 Å². The summed E-state index contributed by atoms with van der Waals surface area (Å²) in [5.41, 5.74) is 8.11. The highest BCUT2D eigenvalue weighted by atomic mass is 127. The van der Waals surface area contributed by atoms with Crippen molar-refractivity contribution in [2.24, 2.45) is 4.99 Å². The molecule has 0 radical (unpaired) electrons. The minimum Gasteiger partial charge on any atom is -0.391 e. The Morgan fingerprint density at radius 2 is 2.17 bits per heavy atom. The zero-order valence-corrected chi connectivity index (χ0v) is 18.9. The number of nitriles is 1. The van der Waals surface area contributed by atoms with Gasteiger partial charge in [0.1, 0.15) is 17.5 Å². The Kier molecular flexibility index (Phi) is 8.72. The maximum absolute atomic E-state index is 9.74. The molecule has 1 saturated heterocycles. The number of aliphatic hydroxyl groups is 1. The minimum atomic E-state index is -0.285. The fourth-order valence-corrected chi connectivity index (χ4v) is 3.33. The first-order chi connectivity index (χ1) is 13.6. The number of benzene rings is 1. The number of aliphatic imine (C=N–C) groups is 1. The van der Waals surface area contributed by atoms with Crippen LogP contribution in [0.25, 0.3) is 5.69 Å². The summed E-state index contributed by atoms with van der Waals surface area (Å²) in [5, 5.41) is 27.1. The number of halogens is 1. The first-order valence-electron chi connectivity index (χ1n) is 9.68. The van der Waals surface area contributed by atoms with E-state index in [1.807, 2.05) is 37.3 Å². The van der Waals surface area contributed by atoms with Crippen LogP contribution in [-0.4, -0.2) is 58.0 Å². The van der Waals surface area contributed by atoms with E-state index < -0.39 is 0 Å². The number of guanidine groups is 1. The van der Waals surface area contributed by atoms with Gasteiger partial charge in [0.2, 0.25) is 0 Å². The number of para-hydroxylation sites is 1. The molecule has 2 heterocycles. The second kappa shape index (κ2) is 11.0. The maximum atomic E-state index is 9.74. The molecular weight excluding hydrogens is 481 g/mol. The van der Waals surface area contributed by atoms with E-state index in [2.05, 4.69) is 26.4 Å². The smallest absolute Gasteiger partial charge is 0.194 e. The largest absolute Gasteiger partial charge is 0.391 e. The molecule has 29 heavy (non-hydrogen) atoms. The molecule has 1 fully saturated rings. The van der Waals surface area contributed by atoms with E-state index in [1.165, 1.54) is 0 Å². The first-order valence-corrected chi connectivity index (χ1v) is 9.68.